The average molecular weight is 517 g/mol. The van der Waals surface area contributed by atoms with Gasteiger partial charge in [0, 0.05) is 16.0 Å². The highest BCUT2D eigenvalue weighted by Gasteiger charge is 2.69. The van der Waals surface area contributed by atoms with Crippen molar-refractivity contribution < 1.29 is 9.59 Å². The summed E-state index contributed by atoms with van der Waals surface area (Å²) in [6.07, 6.45) is 0.910. The molecule has 2 saturated carbocycles. The average Bonchev–Trinajstić information content (AvgIpc) is 3.58. The molecule has 5 nitrogen and oxygen atoms in total. The van der Waals surface area contributed by atoms with Crippen LogP contribution in [0.3, 0.4) is 0 Å². The van der Waals surface area contributed by atoms with Crippen molar-refractivity contribution in [2.45, 2.75) is 48.8 Å². The van der Waals surface area contributed by atoms with Crippen molar-refractivity contribution >= 4 is 40.6 Å². The number of H-pyrrole nitrogens is 1. The summed E-state index contributed by atoms with van der Waals surface area (Å²) in [5, 5.41) is 1.17. The van der Waals surface area contributed by atoms with E-state index in [0.717, 1.165) is 16.3 Å². The molecule has 0 unspecified atom stereocenters. The second-order valence-corrected chi connectivity index (χ2v) is 13.9. The van der Waals surface area contributed by atoms with Gasteiger partial charge in [-0.2, -0.15) is 0 Å². The van der Waals surface area contributed by atoms with Gasteiger partial charge in [-0.25, -0.2) is 0 Å². The molecule has 184 valence electrons. The van der Waals surface area contributed by atoms with Crippen molar-refractivity contribution in [2.24, 2.45) is 29.6 Å². The number of nitrogens with zero attached hydrogens (tertiary/aromatic N) is 1. The molecule has 4 aliphatic rings. The first kappa shape index (κ1) is 22.5. The Morgan fingerprint density at radius 2 is 1.56 bits per heavy atom. The highest BCUT2D eigenvalue weighted by atomic mass is 32.2. The van der Waals surface area contributed by atoms with Gasteiger partial charge < -0.3 is 4.98 Å². The second kappa shape index (κ2) is 7.68. The molecule has 2 aliphatic carbocycles. The third kappa shape index (κ3) is 3.05. The number of thioether (sulfide) groups is 1. The lowest BCUT2D eigenvalue weighted by Gasteiger charge is -2.43. The second-order valence-electron chi connectivity index (χ2n) is 11.7. The number of anilines is 1. The first-order valence-corrected chi connectivity index (χ1v) is 14.4. The number of amides is 2. The van der Waals surface area contributed by atoms with Gasteiger partial charge >= 0.3 is 4.87 Å². The van der Waals surface area contributed by atoms with E-state index in [9.17, 15) is 14.4 Å². The molecule has 2 bridgehead atoms. The van der Waals surface area contributed by atoms with E-state index in [-0.39, 0.29) is 62.9 Å². The van der Waals surface area contributed by atoms with Gasteiger partial charge in [0.15, 0.2) is 0 Å². The normalized spacial score (nSPS) is 32.5. The minimum Gasteiger partial charge on any atom is -0.307 e. The van der Waals surface area contributed by atoms with Gasteiger partial charge in [-0.05, 0) is 52.8 Å². The maximum atomic E-state index is 13.8. The van der Waals surface area contributed by atoms with Crippen molar-refractivity contribution in [3.63, 3.8) is 0 Å². The maximum absolute atomic E-state index is 13.8. The van der Waals surface area contributed by atoms with Crippen molar-refractivity contribution in [2.75, 3.05) is 4.90 Å². The molecule has 1 aromatic heterocycles. The van der Waals surface area contributed by atoms with Crippen molar-refractivity contribution in [3.05, 3.63) is 80.3 Å². The number of rotatable bonds is 2. The Labute approximate surface area is 218 Å². The van der Waals surface area contributed by atoms with Crippen LogP contribution in [-0.2, 0) is 15.0 Å². The van der Waals surface area contributed by atoms with Crippen molar-refractivity contribution in [3.8, 4) is 0 Å². The molecule has 2 aromatic carbocycles. The van der Waals surface area contributed by atoms with E-state index in [0.29, 0.717) is 5.69 Å². The molecule has 7 heteroatoms. The van der Waals surface area contributed by atoms with Gasteiger partial charge in [0.1, 0.15) is 0 Å². The molecule has 0 radical (unpaired) electrons. The summed E-state index contributed by atoms with van der Waals surface area (Å²) < 4.78 is 0. The molecule has 7 atom stereocenters. The van der Waals surface area contributed by atoms with Crippen LogP contribution in [0.25, 0.3) is 0 Å². The minimum atomic E-state index is -0.266. The number of aromatic amines is 1. The highest BCUT2D eigenvalue weighted by Crippen LogP contribution is 2.68. The number of hydrogen-bond donors (Lipinski definition) is 1. The zero-order valence-corrected chi connectivity index (χ0v) is 22.1. The summed E-state index contributed by atoms with van der Waals surface area (Å²) in [5.41, 5.74) is 3.22. The number of imide groups is 1. The van der Waals surface area contributed by atoms with Crippen LogP contribution >= 0.6 is 23.1 Å². The quantitative estimate of drug-likeness (QED) is 0.462. The van der Waals surface area contributed by atoms with Crippen LogP contribution < -0.4 is 9.77 Å². The minimum absolute atomic E-state index is 0.0290. The van der Waals surface area contributed by atoms with Crippen molar-refractivity contribution in [1.82, 2.24) is 4.98 Å². The Morgan fingerprint density at radius 1 is 0.889 bits per heavy atom. The number of hydrogen-bond acceptors (Lipinski definition) is 5. The van der Waals surface area contributed by atoms with E-state index in [2.05, 4.69) is 50.0 Å². The van der Waals surface area contributed by atoms with Gasteiger partial charge in [0.05, 0.1) is 22.5 Å². The van der Waals surface area contributed by atoms with Crippen LogP contribution in [-0.4, -0.2) is 22.0 Å². The van der Waals surface area contributed by atoms with Crippen LogP contribution in [0.5, 0.6) is 0 Å². The largest absolute Gasteiger partial charge is 0.307 e. The SMILES string of the molecule is CC(C)(C)c1ccc([C@@H]2c3sc(=O)[nH]c3S[C@@H]3[C@@H]4C[C@H]([C@H]5C(=O)N(c6ccccc6)C(=O)[C@H]45)[C@H]23)cc1. The highest BCUT2D eigenvalue weighted by molar-refractivity contribution is 8.00. The van der Waals surface area contributed by atoms with Gasteiger partial charge in [0.25, 0.3) is 0 Å². The monoisotopic (exact) mass is 516 g/mol. The summed E-state index contributed by atoms with van der Waals surface area (Å²) in [6, 6.07) is 18.2. The molecule has 3 aromatic rings. The summed E-state index contributed by atoms with van der Waals surface area (Å²) in [5.74, 6) is -0.0266. The van der Waals surface area contributed by atoms with Crippen molar-refractivity contribution in [1.29, 1.82) is 0 Å². The zero-order valence-electron chi connectivity index (χ0n) is 20.4. The van der Waals surface area contributed by atoms with Gasteiger partial charge in [-0.1, -0.05) is 74.6 Å². The van der Waals surface area contributed by atoms with E-state index < -0.39 is 0 Å². The van der Waals surface area contributed by atoms with Gasteiger partial charge in [-0.3, -0.25) is 19.3 Å². The summed E-state index contributed by atoms with van der Waals surface area (Å²) in [7, 11) is 0. The lowest BCUT2D eigenvalue weighted by molar-refractivity contribution is -0.123. The molecule has 36 heavy (non-hydrogen) atoms. The zero-order chi connectivity index (χ0) is 24.9. The number of aromatic nitrogens is 1. The van der Waals surface area contributed by atoms with Gasteiger partial charge in [-0.15, -0.1) is 11.8 Å². The van der Waals surface area contributed by atoms with Crippen LogP contribution in [0.4, 0.5) is 5.69 Å². The Balaban J connectivity index is 1.31. The molecule has 1 saturated heterocycles. The van der Waals surface area contributed by atoms with Crippen LogP contribution in [0.2, 0.25) is 0 Å². The summed E-state index contributed by atoms with van der Waals surface area (Å²) in [6.45, 7) is 6.63. The summed E-state index contributed by atoms with van der Waals surface area (Å²) >= 11 is 3.05. The fourth-order valence-electron chi connectivity index (χ4n) is 7.41. The first-order chi connectivity index (χ1) is 17.2. The number of para-hydroxylation sites is 1. The number of thiazole rings is 1. The third-order valence-electron chi connectivity index (χ3n) is 8.87. The maximum Gasteiger partial charge on any atom is 0.305 e. The predicted molar refractivity (Wildman–Crippen MR) is 143 cm³/mol. The van der Waals surface area contributed by atoms with Crippen LogP contribution in [0, 0.1) is 29.6 Å². The third-order valence-corrected chi connectivity index (χ3v) is 11.5. The molecule has 1 N–H and O–H groups in total. The predicted octanol–water partition coefficient (Wildman–Crippen LogP) is 5.41. The number of carbonyl (C=O) groups excluding carboxylic acids is 2. The first-order valence-electron chi connectivity index (χ1n) is 12.7. The topological polar surface area (TPSA) is 70.2 Å². The molecule has 3 fully saturated rings. The standard InChI is InChI=1S/C29H28N2O3S2/c1-29(2,3)15-11-9-14(10-12-15)19-20-17-13-18(23(20)35-25-24(19)36-28(34)30-25)22-21(17)26(32)31(27(22)33)16-7-5-4-6-8-16/h4-12,17-23H,13H2,1-3H3,(H,30,34)/t17-,18+,19-,20+,21+,22+,23+/m0/s1. The lowest BCUT2D eigenvalue weighted by atomic mass is 9.68. The number of nitrogens with one attached hydrogen (secondary N) is 1. The molecule has 0 spiro atoms. The van der Waals surface area contributed by atoms with Gasteiger partial charge in [0.2, 0.25) is 11.8 Å². The smallest absolute Gasteiger partial charge is 0.305 e. The van der Waals surface area contributed by atoms with E-state index in [1.54, 1.807) is 11.8 Å². The summed E-state index contributed by atoms with van der Waals surface area (Å²) in [4.78, 5) is 45.4. The van der Waals surface area contributed by atoms with E-state index in [1.165, 1.54) is 27.4 Å². The molecular weight excluding hydrogens is 488 g/mol. The fourth-order valence-corrected chi connectivity index (χ4v) is 10.3. The Morgan fingerprint density at radius 3 is 2.22 bits per heavy atom. The molecule has 7 rings (SSSR count). The fraction of sp³-hybridized carbons (Fsp3) is 0.414. The molecule has 2 aliphatic heterocycles. The number of fused-ring (bicyclic) bond motifs is 9. The van der Waals surface area contributed by atoms with Crippen LogP contribution in [0.1, 0.15) is 49.1 Å². The molecule has 2 amide bonds. The van der Waals surface area contributed by atoms with E-state index >= 15 is 0 Å². The molecular formula is C29H28N2O3S2. The number of carbonyl (C=O) groups is 2. The van der Waals surface area contributed by atoms with E-state index in [1.807, 2.05) is 30.3 Å². The Hall–Kier alpha value is -2.64. The Bertz CT molecular complexity index is 1440. The molecule has 3 heterocycles. The number of benzene rings is 2. The van der Waals surface area contributed by atoms with E-state index in [4.69, 9.17) is 0 Å². The Kier molecular flexibility index (Phi) is 4.81. The lowest BCUT2D eigenvalue weighted by Crippen LogP contribution is -2.42. The van der Waals surface area contributed by atoms with Crippen LogP contribution in [0.15, 0.2) is 64.4 Å².